The van der Waals surface area contributed by atoms with Crippen LogP contribution in [0.5, 0.6) is 11.5 Å². The maximum atomic E-state index is 13.6. The number of ether oxygens (including phenoxy) is 2. The minimum absolute atomic E-state index is 0.189. The van der Waals surface area contributed by atoms with Crippen LogP contribution in [0.3, 0.4) is 0 Å². The number of hydrogen-bond acceptors (Lipinski definition) is 3. The molecule has 0 saturated heterocycles. The Balaban J connectivity index is 2.18. The summed E-state index contributed by atoms with van der Waals surface area (Å²) in [6, 6.07) is 7.94. The summed E-state index contributed by atoms with van der Waals surface area (Å²) in [5, 5.41) is 0. The van der Waals surface area contributed by atoms with Gasteiger partial charge in [-0.2, -0.15) is 0 Å². The molecule has 0 amide bonds. The molecule has 2 aromatic carbocycles. The quantitative estimate of drug-likeness (QED) is 0.428. The van der Waals surface area contributed by atoms with Crippen molar-refractivity contribution in [2.75, 3.05) is 13.7 Å². The molecule has 5 heteroatoms. The van der Waals surface area contributed by atoms with Crippen molar-refractivity contribution in [2.24, 2.45) is 0 Å². The number of ketones is 1. The van der Waals surface area contributed by atoms with Crippen LogP contribution in [0.1, 0.15) is 15.9 Å². The Hall–Kier alpha value is -2.95. The molecule has 0 spiro atoms. The number of hydrogen-bond donors (Lipinski definition) is 0. The molecule has 24 heavy (non-hydrogen) atoms. The normalized spacial score (nSPS) is 10.6. The Morgan fingerprint density at radius 1 is 1.17 bits per heavy atom. The zero-order chi connectivity index (χ0) is 17.5. The molecular weight excluding hydrogens is 314 g/mol. The van der Waals surface area contributed by atoms with E-state index in [1.54, 1.807) is 24.3 Å². The molecule has 3 nitrogen and oxygen atoms in total. The second-order valence-corrected chi connectivity index (χ2v) is 4.83. The number of carbonyl (C=O) groups excluding carboxylic acids is 1. The smallest absolute Gasteiger partial charge is 0.188 e. The molecule has 0 saturated carbocycles. The van der Waals surface area contributed by atoms with Crippen LogP contribution in [0.15, 0.2) is 55.1 Å². The fraction of sp³-hybridized carbons (Fsp3) is 0.105. The summed E-state index contributed by atoms with van der Waals surface area (Å²) in [4.78, 5) is 12.0. The highest BCUT2D eigenvalue weighted by molar-refractivity contribution is 6.07. The summed E-state index contributed by atoms with van der Waals surface area (Å²) >= 11 is 0. The summed E-state index contributed by atoms with van der Waals surface area (Å²) in [6.07, 6.45) is 4.35. The number of rotatable bonds is 7. The average molecular weight is 330 g/mol. The number of allylic oxidation sites excluding steroid dienone is 1. The highest BCUT2D eigenvalue weighted by Gasteiger charge is 2.10. The predicted molar refractivity (Wildman–Crippen MR) is 88.4 cm³/mol. The monoisotopic (exact) mass is 330 g/mol. The van der Waals surface area contributed by atoms with Gasteiger partial charge in [-0.1, -0.05) is 24.8 Å². The number of methoxy groups -OCH3 is 1. The third-order valence-electron chi connectivity index (χ3n) is 3.17. The van der Waals surface area contributed by atoms with Crippen LogP contribution in [0.2, 0.25) is 0 Å². The minimum atomic E-state index is -0.893. The van der Waals surface area contributed by atoms with E-state index in [0.717, 1.165) is 12.1 Å². The molecular formula is C19H16F2O3. The average Bonchev–Trinajstić information content (AvgIpc) is 2.58. The van der Waals surface area contributed by atoms with Gasteiger partial charge in [-0.15, -0.1) is 0 Å². The number of halogens is 2. The van der Waals surface area contributed by atoms with Gasteiger partial charge in [-0.25, -0.2) is 8.78 Å². The molecule has 0 aliphatic heterocycles. The molecule has 0 aliphatic carbocycles. The Morgan fingerprint density at radius 3 is 2.62 bits per heavy atom. The first-order chi connectivity index (χ1) is 11.5. The van der Waals surface area contributed by atoms with Crippen LogP contribution in [-0.2, 0) is 0 Å². The van der Waals surface area contributed by atoms with Gasteiger partial charge in [0.15, 0.2) is 17.3 Å². The van der Waals surface area contributed by atoms with E-state index in [4.69, 9.17) is 9.47 Å². The van der Waals surface area contributed by atoms with Gasteiger partial charge < -0.3 is 9.47 Å². The Bertz CT molecular complexity index is 782. The molecule has 2 aromatic rings. The van der Waals surface area contributed by atoms with Crippen LogP contribution >= 0.6 is 0 Å². The van der Waals surface area contributed by atoms with Crippen molar-refractivity contribution >= 4 is 11.9 Å². The van der Waals surface area contributed by atoms with Crippen molar-refractivity contribution in [1.29, 1.82) is 0 Å². The number of carbonyl (C=O) groups is 1. The first-order valence-corrected chi connectivity index (χ1v) is 7.14. The van der Waals surface area contributed by atoms with Gasteiger partial charge in [0, 0.05) is 6.07 Å². The minimum Gasteiger partial charge on any atom is -0.493 e. The third-order valence-corrected chi connectivity index (χ3v) is 3.17. The van der Waals surface area contributed by atoms with Crippen molar-refractivity contribution in [3.63, 3.8) is 0 Å². The maximum absolute atomic E-state index is 13.6. The zero-order valence-corrected chi connectivity index (χ0v) is 13.1. The second kappa shape index (κ2) is 8.06. The Morgan fingerprint density at radius 2 is 1.96 bits per heavy atom. The van der Waals surface area contributed by atoms with Crippen molar-refractivity contribution in [3.05, 3.63) is 77.9 Å². The molecule has 0 heterocycles. The van der Waals surface area contributed by atoms with Gasteiger partial charge in [0.05, 0.1) is 12.7 Å². The summed E-state index contributed by atoms with van der Waals surface area (Å²) in [7, 11) is 1.50. The third kappa shape index (κ3) is 4.29. The highest BCUT2D eigenvalue weighted by Crippen LogP contribution is 2.28. The molecule has 0 atom stereocenters. The predicted octanol–water partition coefficient (Wildman–Crippen LogP) is 4.43. The van der Waals surface area contributed by atoms with Gasteiger partial charge in [0.2, 0.25) is 0 Å². The molecule has 0 fully saturated rings. The summed E-state index contributed by atoms with van der Waals surface area (Å²) < 4.78 is 37.1. The molecule has 0 unspecified atom stereocenters. The van der Waals surface area contributed by atoms with E-state index in [-0.39, 0.29) is 5.56 Å². The molecule has 2 rings (SSSR count). The van der Waals surface area contributed by atoms with Crippen LogP contribution in [-0.4, -0.2) is 19.5 Å². The van der Waals surface area contributed by atoms with E-state index >= 15 is 0 Å². The largest absolute Gasteiger partial charge is 0.493 e. The van der Waals surface area contributed by atoms with Gasteiger partial charge in [0.25, 0.3) is 0 Å². The second-order valence-electron chi connectivity index (χ2n) is 4.83. The van der Waals surface area contributed by atoms with Gasteiger partial charge in [-0.3, -0.25) is 4.79 Å². The molecule has 0 aliphatic rings. The van der Waals surface area contributed by atoms with Gasteiger partial charge in [-0.05, 0) is 35.9 Å². The summed E-state index contributed by atoms with van der Waals surface area (Å²) in [5.74, 6) is -1.13. The van der Waals surface area contributed by atoms with E-state index in [0.29, 0.717) is 29.7 Å². The molecule has 0 radical (unpaired) electrons. The fourth-order valence-corrected chi connectivity index (χ4v) is 2.01. The first-order valence-electron chi connectivity index (χ1n) is 7.14. The zero-order valence-electron chi connectivity index (χ0n) is 13.1. The van der Waals surface area contributed by atoms with E-state index in [1.165, 1.54) is 19.3 Å². The van der Waals surface area contributed by atoms with E-state index < -0.39 is 17.4 Å². The lowest BCUT2D eigenvalue weighted by Gasteiger charge is -2.09. The lowest BCUT2D eigenvalue weighted by molar-refractivity contribution is 0.104. The lowest BCUT2D eigenvalue weighted by atomic mass is 10.1. The van der Waals surface area contributed by atoms with Crippen molar-refractivity contribution in [2.45, 2.75) is 0 Å². The van der Waals surface area contributed by atoms with E-state index in [1.807, 2.05) is 0 Å². The Labute approximate surface area is 138 Å². The molecule has 0 aromatic heterocycles. The molecule has 0 bridgehead atoms. The summed E-state index contributed by atoms with van der Waals surface area (Å²) in [6.45, 7) is 3.91. The Kier molecular flexibility index (Phi) is 5.84. The standard InChI is InChI=1S/C19H16F2O3/c1-3-10-24-18-9-5-13(11-19(18)23-2)4-8-17(22)15-7-6-14(20)12-16(15)21/h3-9,11-12H,1,10H2,2H3. The lowest BCUT2D eigenvalue weighted by Crippen LogP contribution is -1.99. The van der Waals surface area contributed by atoms with E-state index in [9.17, 15) is 13.6 Å². The first kappa shape index (κ1) is 17.4. The van der Waals surface area contributed by atoms with Crippen molar-refractivity contribution in [1.82, 2.24) is 0 Å². The topological polar surface area (TPSA) is 35.5 Å². The van der Waals surface area contributed by atoms with Gasteiger partial charge in [0.1, 0.15) is 18.2 Å². The SMILES string of the molecule is C=CCOc1ccc(C=CC(=O)c2ccc(F)cc2F)cc1OC. The van der Waals surface area contributed by atoms with Crippen LogP contribution in [0.4, 0.5) is 8.78 Å². The van der Waals surface area contributed by atoms with Crippen LogP contribution < -0.4 is 9.47 Å². The van der Waals surface area contributed by atoms with Crippen molar-refractivity contribution in [3.8, 4) is 11.5 Å². The van der Waals surface area contributed by atoms with Crippen LogP contribution in [0, 0.1) is 11.6 Å². The summed E-state index contributed by atoms with van der Waals surface area (Å²) in [5.41, 5.74) is 0.485. The van der Waals surface area contributed by atoms with Crippen LogP contribution in [0.25, 0.3) is 6.08 Å². The van der Waals surface area contributed by atoms with E-state index in [2.05, 4.69) is 6.58 Å². The maximum Gasteiger partial charge on any atom is 0.188 e. The van der Waals surface area contributed by atoms with Gasteiger partial charge >= 0.3 is 0 Å². The fourth-order valence-electron chi connectivity index (χ4n) is 2.01. The molecule has 124 valence electrons. The number of benzene rings is 2. The highest BCUT2D eigenvalue weighted by atomic mass is 19.1. The molecule has 0 N–H and O–H groups in total. The van der Waals surface area contributed by atoms with Crippen molar-refractivity contribution < 1.29 is 23.0 Å².